The van der Waals surface area contributed by atoms with Crippen molar-refractivity contribution in [2.45, 2.75) is 19.0 Å². The quantitative estimate of drug-likeness (QED) is 0.692. The number of amides is 3. The number of carbonyl (C=O) groups excluding carboxylic acids is 2. The van der Waals surface area contributed by atoms with Gasteiger partial charge in [-0.2, -0.15) is 16.3 Å². The first-order valence-corrected chi connectivity index (χ1v) is 9.05. The third kappa shape index (κ3) is 2.77. The maximum absolute atomic E-state index is 12.9. The van der Waals surface area contributed by atoms with E-state index >= 15 is 0 Å². The number of hydrogen-bond donors (Lipinski definition) is 1. The van der Waals surface area contributed by atoms with Crippen molar-refractivity contribution in [2.24, 2.45) is 0 Å². The molecule has 26 heavy (non-hydrogen) atoms. The predicted molar refractivity (Wildman–Crippen MR) is 95.5 cm³/mol. The zero-order chi connectivity index (χ0) is 18.3. The Hall–Kier alpha value is -2.71. The highest BCUT2D eigenvalue weighted by molar-refractivity contribution is 7.08. The summed E-state index contributed by atoms with van der Waals surface area (Å²) in [4.78, 5) is 30.6. The van der Waals surface area contributed by atoms with Gasteiger partial charge in [0.1, 0.15) is 12.1 Å². The molecule has 1 N–H and O–H groups in total. The molecule has 3 heterocycles. The van der Waals surface area contributed by atoms with Gasteiger partial charge in [0.25, 0.3) is 5.91 Å². The fourth-order valence-electron chi connectivity index (χ4n) is 2.78. The summed E-state index contributed by atoms with van der Waals surface area (Å²) in [6.07, 6.45) is 0. The summed E-state index contributed by atoms with van der Waals surface area (Å²) in [5, 5.41) is 11.0. The largest absolute Gasteiger partial charge is 0.337 e. The molecule has 1 saturated heterocycles. The second kappa shape index (κ2) is 6.22. The number of thiophene rings is 1. The molecular formula is C17H13ClN4O3S. The number of benzene rings is 1. The van der Waals surface area contributed by atoms with Gasteiger partial charge in [-0.15, -0.1) is 0 Å². The lowest BCUT2D eigenvalue weighted by Crippen LogP contribution is -2.40. The van der Waals surface area contributed by atoms with Crippen LogP contribution in [0.15, 0.2) is 45.6 Å². The van der Waals surface area contributed by atoms with Crippen LogP contribution in [0, 0.1) is 0 Å². The molecule has 4 rings (SSSR count). The zero-order valence-corrected chi connectivity index (χ0v) is 15.2. The first-order chi connectivity index (χ1) is 12.5. The summed E-state index contributed by atoms with van der Waals surface area (Å²) in [6.45, 7) is 1.56. The first-order valence-electron chi connectivity index (χ1n) is 7.73. The van der Waals surface area contributed by atoms with Crippen molar-refractivity contribution in [3.05, 3.63) is 57.6 Å². The molecule has 0 unspecified atom stereocenters. The molecule has 0 saturated carbocycles. The predicted octanol–water partition coefficient (Wildman–Crippen LogP) is 3.42. The molecule has 1 aliphatic rings. The van der Waals surface area contributed by atoms with Gasteiger partial charge >= 0.3 is 6.03 Å². The zero-order valence-electron chi connectivity index (χ0n) is 13.6. The number of rotatable bonds is 4. The second-order valence-electron chi connectivity index (χ2n) is 5.98. The van der Waals surface area contributed by atoms with Crippen molar-refractivity contribution in [3.63, 3.8) is 0 Å². The number of nitrogens with zero attached hydrogens (tertiary/aromatic N) is 3. The molecule has 1 atom stereocenters. The molecular weight excluding hydrogens is 376 g/mol. The highest BCUT2D eigenvalue weighted by atomic mass is 35.5. The van der Waals surface area contributed by atoms with Crippen LogP contribution in [0.4, 0.5) is 4.79 Å². The Kier molecular flexibility index (Phi) is 4.01. The Morgan fingerprint density at radius 2 is 2.04 bits per heavy atom. The highest BCUT2D eigenvalue weighted by Gasteiger charge is 2.49. The van der Waals surface area contributed by atoms with Gasteiger partial charge in [-0.1, -0.05) is 28.9 Å². The van der Waals surface area contributed by atoms with Crippen LogP contribution >= 0.6 is 22.9 Å². The summed E-state index contributed by atoms with van der Waals surface area (Å²) in [7, 11) is 0. The molecule has 9 heteroatoms. The van der Waals surface area contributed by atoms with Crippen molar-refractivity contribution < 1.29 is 14.1 Å². The van der Waals surface area contributed by atoms with E-state index in [1.165, 1.54) is 11.3 Å². The van der Waals surface area contributed by atoms with E-state index in [-0.39, 0.29) is 18.3 Å². The van der Waals surface area contributed by atoms with Crippen LogP contribution in [0.1, 0.15) is 18.4 Å². The summed E-state index contributed by atoms with van der Waals surface area (Å²) in [5.74, 6) is 0.226. The Morgan fingerprint density at radius 3 is 2.73 bits per heavy atom. The second-order valence-corrected chi connectivity index (χ2v) is 7.19. The maximum atomic E-state index is 12.9. The molecule has 1 aliphatic heterocycles. The molecule has 2 aromatic heterocycles. The van der Waals surface area contributed by atoms with Gasteiger partial charge in [0.2, 0.25) is 11.7 Å². The van der Waals surface area contributed by atoms with E-state index in [4.69, 9.17) is 16.1 Å². The third-order valence-corrected chi connectivity index (χ3v) is 5.17. The van der Waals surface area contributed by atoms with Gasteiger partial charge in [0.05, 0.1) is 0 Å². The van der Waals surface area contributed by atoms with Crippen molar-refractivity contribution in [1.82, 2.24) is 20.4 Å². The van der Waals surface area contributed by atoms with Gasteiger partial charge in [-0.3, -0.25) is 9.69 Å². The smallest absolute Gasteiger partial charge is 0.325 e. The molecule has 132 valence electrons. The third-order valence-electron chi connectivity index (χ3n) is 4.24. The fourth-order valence-corrected chi connectivity index (χ4v) is 3.54. The van der Waals surface area contributed by atoms with Crippen LogP contribution in [0.3, 0.4) is 0 Å². The average molecular weight is 389 g/mol. The van der Waals surface area contributed by atoms with E-state index in [1.807, 2.05) is 16.8 Å². The molecule has 3 amide bonds. The number of aromatic nitrogens is 2. The molecule has 7 nitrogen and oxygen atoms in total. The Bertz CT molecular complexity index is 970. The van der Waals surface area contributed by atoms with Crippen molar-refractivity contribution in [1.29, 1.82) is 0 Å². The van der Waals surface area contributed by atoms with Crippen LogP contribution in [0.2, 0.25) is 5.02 Å². The number of halogens is 1. The van der Waals surface area contributed by atoms with E-state index in [9.17, 15) is 9.59 Å². The van der Waals surface area contributed by atoms with Gasteiger partial charge in [0.15, 0.2) is 0 Å². The van der Waals surface area contributed by atoms with Gasteiger partial charge in [-0.05, 0) is 36.1 Å². The molecule has 0 bridgehead atoms. The number of imide groups is 1. The fraction of sp³-hybridized carbons (Fsp3) is 0.176. The summed E-state index contributed by atoms with van der Waals surface area (Å²) >= 11 is 7.42. The lowest BCUT2D eigenvalue weighted by Gasteiger charge is -2.22. The van der Waals surface area contributed by atoms with Crippen LogP contribution in [-0.4, -0.2) is 27.0 Å². The highest BCUT2D eigenvalue weighted by Crippen LogP contribution is 2.30. The Morgan fingerprint density at radius 1 is 1.27 bits per heavy atom. The number of carbonyl (C=O) groups is 2. The van der Waals surface area contributed by atoms with E-state index in [0.717, 1.165) is 10.5 Å². The molecule has 3 aromatic rings. The monoisotopic (exact) mass is 388 g/mol. The number of hydrogen-bond acceptors (Lipinski definition) is 6. The lowest BCUT2D eigenvalue weighted by molar-refractivity contribution is -0.131. The lowest BCUT2D eigenvalue weighted by atomic mass is 9.92. The first kappa shape index (κ1) is 16.7. The average Bonchev–Trinajstić information content (AvgIpc) is 3.34. The summed E-state index contributed by atoms with van der Waals surface area (Å²) in [6, 6.07) is 8.13. The minimum atomic E-state index is -1.17. The van der Waals surface area contributed by atoms with Gasteiger partial charge < -0.3 is 9.84 Å². The number of nitrogens with one attached hydrogen (secondary N) is 1. The van der Waals surface area contributed by atoms with Crippen LogP contribution in [0.5, 0.6) is 0 Å². The van der Waals surface area contributed by atoms with E-state index < -0.39 is 11.6 Å². The van der Waals surface area contributed by atoms with Crippen LogP contribution in [0.25, 0.3) is 11.4 Å². The van der Waals surface area contributed by atoms with Crippen molar-refractivity contribution >= 4 is 34.9 Å². The van der Waals surface area contributed by atoms with E-state index in [2.05, 4.69) is 15.5 Å². The van der Waals surface area contributed by atoms with Crippen molar-refractivity contribution in [2.75, 3.05) is 0 Å². The minimum absolute atomic E-state index is 0.0923. The topological polar surface area (TPSA) is 88.3 Å². The normalized spacial score (nSPS) is 19.8. The molecule has 0 aliphatic carbocycles. The van der Waals surface area contributed by atoms with Gasteiger partial charge in [-0.25, -0.2) is 4.79 Å². The van der Waals surface area contributed by atoms with E-state index in [1.54, 1.807) is 31.2 Å². The molecule has 1 fully saturated rings. The number of urea groups is 1. The Balaban J connectivity index is 1.57. The molecule has 1 aromatic carbocycles. The SMILES string of the molecule is C[C@@]1(c2ccc(Cl)cc2)NC(=O)N(Cc2nc(-c3ccsc3)no2)C1=O. The summed E-state index contributed by atoms with van der Waals surface area (Å²) in [5.41, 5.74) is 0.304. The molecule has 0 radical (unpaired) electrons. The van der Waals surface area contributed by atoms with Crippen molar-refractivity contribution in [3.8, 4) is 11.4 Å². The maximum Gasteiger partial charge on any atom is 0.325 e. The van der Waals surface area contributed by atoms with Crippen LogP contribution < -0.4 is 5.32 Å². The van der Waals surface area contributed by atoms with Crippen LogP contribution in [-0.2, 0) is 16.9 Å². The summed E-state index contributed by atoms with van der Waals surface area (Å²) < 4.78 is 5.19. The van der Waals surface area contributed by atoms with E-state index in [0.29, 0.717) is 16.4 Å². The standard InChI is InChI=1S/C17H13ClN4O3S/c1-17(11-2-4-12(18)5-3-11)15(23)22(16(24)20-17)8-13-19-14(21-25-13)10-6-7-26-9-10/h2-7,9H,8H2,1H3,(H,20,24)/t17-/m0/s1. The van der Waals surface area contributed by atoms with Gasteiger partial charge in [0, 0.05) is 16.0 Å². The Labute approximate surface area is 157 Å². The minimum Gasteiger partial charge on any atom is -0.337 e. The molecule has 0 spiro atoms.